The molecule has 0 fully saturated rings. The van der Waals surface area contributed by atoms with Crippen molar-refractivity contribution >= 4 is 23.2 Å². The van der Waals surface area contributed by atoms with E-state index in [0.29, 0.717) is 17.1 Å². The van der Waals surface area contributed by atoms with Crippen LogP contribution in [-0.2, 0) is 4.79 Å². The molecule has 7 heteroatoms. The molecule has 0 spiro atoms. The highest BCUT2D eigenvalue weighted by Crippen LogP contribution is 2.35. The molecule has 0 radical (unpaired) electrons. The maximum absolute atomic E-state index is 13.2. The van der Waals surface area contributed by atoms with Crippen molar-refractivity contribution in [1.29, 1.82) is 0 Å². The predicted molar refractivity (Wildman–Crippen MR) is 84.3 cm³/mol. The number of benzene rings is 2. The number of carbonyl (C=O) groups is 2. The summed E-state index contributed by atoms with van der Waals surface area (Å²) in [7, 11) is 1.64. The average molecular weight is 332 g/mol. The third-order valence-electron chi connectivity index (χ3n) is 3.74. The summed E-state index contributed by atoms with van der Waals surface area (Å²) in [5.41, 5.74) is 0.996. The summed E-state index contributed by atoms with van der Waals surface area (Å²) in [4.78, 5) is 25.5. The summed E-state index contributed by atoms with van der Waals surface area (Å²) in [6.07, 6.45) is -0.625. The third kappa shape index (κ3) is 2.80. The van der Waals surface area contributed by atoms with Crippen molar-refractivity contribution in [1.82, 2.24) is 0 Å². The minimum absolute atomic E-state index is 0.00629. The molecule has 3 rings (SSSR count). The highest BCUT2D eigenvalue weighted by atomic mass is 19.2. The van der Waals surface area contributed by atoms with Crippen molar-refractivity contribution < 1.29 is 23.1 Å². The molecule has 1 unspecified atom stereocenters. The summed E-state index contributed by atoms with van der Waals surface area (Å²) in [6.45, 7) is 1.63. The van der Waals surface area contributed by atoms with Crippen molar-refractivity contribution in [2.24, 2.45) is 0 Å². The Bertz CT molecular complexity index is 839. The molecular weight excluding hydrogens is 318 g/mol. The van der Waals surface area contributed by atoms with Gasteiger partial charge in [0, 0.05) is 24.4 Å². The maximum Gasteiger partial charge on any atom is 0.267 e. The second-order valence-corrected chi connectivity index (χ2v) is 5.42. The molecular formula is C17H14F2N2O3. The first kappa shape index (κ1) is 15.9. The van der Waals surface area contributed by atoms with Crippen LogP contribution in [0.4, 0.5) is 20.2 Å². The van der Waals surface area contributed by atoms with Gasteiger partial charge >= 0.3 is 0 Å². The smallest absolute Gasteiger partial charge is 0.267 e. The molecule has 1 aliphatic heterocycles. The highest BCUT2D eigenvalue weighted by Gasteiger charge is 2.29. The van der Waals surface area contributed by atoms with E-state index in [1.165, 1.54) is 11.0 Å². The molecule has 2 aromatic rings. The molecule has 1 atom stereocenters. The molecule has 0 aliphatic carbocycles. The lowest BCUT2D eigenvalue weighted by Gasteiger charge is -2.30. The average Bonchev–Trinajstić information content (AvgIpc) is 2.55. The maximum atomic E-state index is 13.2. The van der Waals surface area contributed by atoms with Crippen molar-refractivity contribution in [2.75, 3.05) is 17.3 Å². The van der Waals surface area contributed by atoms with E-state index in [1.807, 2.05) is 0 Å². The van der Waals surface area contributed by atoms with Gasteiger partial charge in [0.15, 0.2) is 17.7 Å². The topological polar surface area (TPSA) is 58.6 Å². The van der Waals surface area contributed by atoms with Gasteiger partial charge in [0.25, 0.3) is 11.8 Å². The van der Waals surface area contributed by atoms with E-state index in [1.54, 1.807) is 32.2 Å². The van der Waals surface area contributed by atoms with Gasteiger partial charge in [0.2, 0.25) is 0 Å². The second-order valence-electron chi connectivity index (χ2n) is 5.42. The van der Waals surface area contributed by atoms with Crippen LogP contribution in [0.2, 0.25) is 0 Å². The minimum Gasteiger partial charge on any atom is -0.479 e. The molecule has 2 aromatic carbocycles. The van der Waals surface area contributed by atoms with E-state index in [-0.39, 0.29) is 11.5 Å². The van der Waals surface area contributed by atoms with Crippen LogP contribution in [0.15, 0.2) is 36.4 Å². The van der Waals surface area contributed by atoms with E-state index in [4.69, 9.17) is 4.74 Å². The van der Waals surface area contributed by atoms with Gasteiger partial charge in [-0.2, -0.15) is 0 Å². The molecule has 0 saturated carbocycles. The van der Waals surface area contributed by atoms with Crippen LogP contribution < -0.4 is 15.0 Å². The van der Waals surface area contributed by atoms with E-state index >= 15 is 0 Å². The number of carbonyl (C=O) groups excluding carboxylic acids is 2. The second kappa shape index (κ2) is 5.92. The number of amides is 2. The molecule has 0 bridgehead atoms. The van der Waals surface area contributed by atoms with Gasteiger partial charge in [-0.25, -0.2) is 8.78 Å². The SMILES string of the molecule is CC1Oc2cc(NC(=O)c3ccc(F)c(F)c3)ccc2N(C)C1=O. The van der Waals surface area contributed by atoms with Gasteiger partial charge in [-0.3, -0.25) is 9.59 Å². The number of hydrogen-bond donors (Lipinski definition) is 1. The largest absolute Gasteiger partial charge is 0.479 e. The Morgan fingerprint density at radius 1 is 1.17 bits per heavy atom. The third-order valence-corrected chi connectivity index (χ3v) is 3.74. The van der Waals surface area contributed by atoms with E-state index in [9.17, 15) is 18.4 Å². The summed E-state index contributed by atoms with van der Waals surface area (Å²) in [5.74, 6) is -2.41. The van der Waals surface area contributed by atoms with E-state index in [0.717, 1.165) is 12.1 Å². The van der Waals surface area contributed by atoms with E-state index in [2.05, 4.69) is 5.32 Å². The number of nitrogens with one attached hydrogen (secondary N) is 1. The first-order valence-electron chi connectivity index (χ1n) is 7.21. The van der Waals surface area contributed by atoms with Gasteiger partial charge in [-0.15, -0.1) is 0 Å². The minimum atomic E-state index is -1.09. The molecule has 0 aromatic heterocycles. The van der Waals surface area contributed by atoms with Crippen molar-refractivity contribution in [2.45, 2.75) is 13.0 Å². The number of ether oxygens (including phenoxy) is 1. The summed E-state index contributed by atoms with van der Waals surface area (Å²) >= 11 is 0. The predicted octanol–water partition coefficient (Wildman–Crippen LogP) is 2.96. The molecule has 1 N–H and O–H groups in total. The number of nitrogens with zero attached hydrogens (tertiary/aromatic N) is 1. The lowest BCUT2D eigenvalue weighted by molar-refractivity contribution is -0.125. The molecule has 2 amide bonds. The van der Waals surface area contributed by atoms with Gasteiger partial charge < -0.3 is 15.0 Å². The molecule has 1 aliphatic rings. The number of fused-ring (bicyclic) bond motifs is 1. The summed E-state index contributed by atoms with van der Waals surface area (Å²) < 4.78 is 31.7. The summed E-state index contributed by atoms with van der Waals surface area (Å²) in [5, 5.41) is 2.58. The van der Waals surface area contributed by atoms with Crippen LogP contribution in [0.3, 0.4) is 0 Å². The fourth-order valence-corrected chi connectivity index (χ4v) is 2.44. The van der Waals surface area contributed by atoms with Gasteiger partial charge in [-0.05, 0) is 37.3 Å². The number of anilines is 2. The number of likely N-dealkylation sites (N-methyl/N-ethyl adjacent to an activating group) is 1. The van der Waals surface area contributed by atoms with Gasteiger partial charge in [-0.1, -0.05) is 0 Å². The van der Waals surface area contributed by atoms with Crippen LogP contribution in [-0.4, -0.2) is 25.0 Å². The van der Waals surface area contributed by atoms with Crippen LogP contribution >= 0.6 is 0 Å². The Labute approximate surface area is 136 Å². The van der Waals surface area contributed by atoms with Gasteiger partial charge in [0.1, 0.15) is 5.75 Å². The van der Waals surface area contributed by atoms with Crippen LogP contribution in [0.25, 0.3) is 0 Å². The van der Waals surface area contributed by atoms with Crippen LogP contribution in [0.1, 0.15) is 17.3 Å². The first-order valence-corrected chi connectivity index (χ1v) is 7.21. The quantitative estimate of drug-likeness (QED) is 0.920. The number of halogens is 2. The Kier molecular flexibility index (Phi) is 3.92. The zero-order valence-electron chi connectivity index (χ0n) is 13.0. The van der Waals surface area contributed by atoms with Crippen LogP contribution in [0, 0.1) is 11.6 Å². The molecule has 0 saturated heterocycles. The van der Waals surface area contributed by atoms with Crippen molar-refractivity contribution in [3.63, 3.8) is 0 Å². The number of rotatable bonds is 2. The normalized spacial score (nSPS) is 16.4. The van der Waals surface area contributed by atoms with E-state index < -0.39 is 23.6 Å². The standard InChI is InChI=1S/C17H14F2N2O3/c1-9-17(23)21(2)14-6-4-11(8-15(14)24-9)20-16(22)10-3-5-12(18)13(19)7-10/h3-9H,1-2H3,(H,20,22). The Morgan fingerprint density at radius 2 is 1.92 bits per heavy atom. The number of hydrogen-bond acceptors (Lipinski definition) is 3. The monoisotopic (exact) mass is 332 g/mol. The van der Waals surface area contributed by atoms with Crippen LogP contribution in [0.5, 0.6) is 5.75 Å². The molecule has 124 valence electrons. The Morgan fingerprint density at radius 3 is 2.62 bits per heavy atom. The first-order chi connectivity index (χ1) is 11.4. The lowest BCUT2D eigenvalue weighted by atomic mass is 10.1. The fourth-order valence-electron chi connectivity index (χ4n) is 2.44. The van der Waals surface area contributed by atoms with Gasteiger partial charge in [0.05, 0.1) is 5.69 Å². The van der Waals surface area contributed by atoms with Crippen molar-refractivity contribution in [3.8, 4) is 5.75 Å². The Hall–Kier alpha value is -2.96. The molecule has 5 nitrogen and oxygen atoms in total. The lowest BCUT2D eigenvalue weighted by Crippen LogP contribution is -2.41. The van der Waals surface area contributed by atoms with Crippen molar-refractivity contribution in [3.05, 3.63) is 53.6 Å². The Balaban J connectivity index is 1.84. The molecule has 24 heavy (non-hydrogen) atoms. The zero-order chi connectivity index (χ0) is 17.4. The summed E-state index contributed by atoms with van der Waals surface area (Å²) in [6, 6.07) is 7.72. The fraction of sp³-hybridized carbons (Fsp3) is 0.176. The zero-order valence-corrected chi connectivity index (χ0v) is 13.0. The molecule has 1 heterocycles. The highest BCUT2D eigenvalue weighted by molar-refractivity contribution is 6.05.